The highest BCUT2D eigenvalue weighted by Crippen LogP contribution is 2.44. The summed E-state index contributed by atoms with van der Waals surface area (Å²) in [6.45, 7) is 0.146. The van der Waals surface area contributed by atoms with Gasteiger partial charge in [0.2, 0.25) is 0 Å². The summed E-state index contributed by atoms with van der Waals surface area (Å²) in [6, 6.07) is 25.0. The highest BCUT2D eigenvalue weighted by atomic mass is 32.2. The molecule has 166 valence electrons. The Labute approximate surface area is 196 Å². The van der Waals surface area contributed by atoms with Crippen LogP contribution in [0.1, 0.15) is 33.6 Å². The number of imide groups is 1. The number of carboxylic acid groups (broad SMARTS) is 1. The fourth-order valence-electron chi connectivity index (χ4n) is 4.91. The summed E-state index contributed by atoms with van der Waals surface area (Å²) in [4.78, 5) is 39.9. The normalized spacial score (nSPS) is 21.9. The molecule has 3 aromatic rings. The molecule has 1 aliphatic carbocycles. The third-order valence-corrected chi connectivity index (χ3v) is 7.94. The first-order valence-corrected chi connectivity index (χ1v) is 11.9. The van der Waals surface area contributed by atoms with Gasteiger partial charge in [0, 0.05) is 16.7 Å². The van der Waals surface area contributed by atoms with Gasteiger partial charge < -0.3 is 5.11 Å². The first-order chi connectivity index (χ1) is 16.0. The SMILES string of the molecule is O=C(O)C1C(CN2C(=O)c3ccccc3C2=O)CCC1Sc1ccc(-c2ccccc2)cc1. The highest BCUT2D eigenvalue weighted by Gasteiger charge is 2.45. The number of nitrogens with zero attached hydrogens (tertiary/aromatic N) is 1. The Kier molecular flexibility index (Phi) is 5.77. The van der Waals surface area contributed by atoms with Crippen LogP contribution in [0.15, 0.2) is 83.8 Å². The average molecular weight is 458 g/mol. The van der Waals surface area contributed by atoms with Crippen molar-refractivity contribution in [2.24, 2.45) is 11.8 Å². The fraction of sp³-hybridized carbons (Fsp3) is 0.222. The van der Waals surface area contributed by atoms with Crippen molar-refractivity contribution in [1.82, 2.24) is 4.90 Å². The van der Waals surface area contributed by atoms with E-state index in [-0.39, 0.29) is 29.5 Å². The lowest BCUT2D eigenvalue weighted by molar-refractivity contribution is -0.142. The zero-order valence-corrected chi connectivity index (χ0v) is 18.7. The van der Waals surface area contributed by atoms with E-state index in [4.69, 9.17) is 0 Å². The molecule has 1 fully saturated rings. The Morgan fingerprint density at radius 3 is 2.00 bits per heavy atom. The van der Waals surface area contributed by atoms with Gasteiger partial charge in [-0.15, -0.1) is 11.8 Å². The van der Waals surface area contributed by atoms with Crippen LogP contribution in [0.4, 0.5) is 0 Å². The molecule has 2 aliphatic rings. The Hall–Kier alpha value is -3.38. The number of benzene rings is 3. The second-order valence-corrected chi connectivity index (χ2v) is 9.83. The zero-order valence-electron chi connectivity index (χ0n) is 17.9. The van der Waals surface area contributed by atoms with Crippen LogP contribution in [0.3, 0.4) is 0 Å². The zero-order chi connectivity index (χ0) is 22.9. The summed E-state index contributed by atoms with van der Waals surface area (Å²) < 4.78 is 0. The van der Waals surface area contributed by atoms with E-state index >= 15 is 0 Å². The molecule has 5 nitrogen and oxygen atoms in total. The Balaban J connectivity index is 1.29. The van der Waals surface area contributed by atoms with Crippen molar-refractivity contribution in [3.63, 3.8) is 0 Å². The van der Waals surface area contributed by atoms with Crippen molar-refractivity contribution in [1.29, 1.82) is 0 Å². The first-order valence-electron chi connectivity index (χ1n) is 11.0. The molecule has 3 unspecified atom stereocenters. The van der Waals surface area contributed by atoms with E-state index in [1.54, 1.807) is 36.0 Å². The minimum absolute atomic E-state index is 0.106. The molecular formula is C27H23NO4S. The summed E-state index contributed by atoms with van der Waals surface area (Å²) in [7, 11) is 0. The summed E-state index contributed by atoms with van der Waals surface area (Å²) in [6.07, 6.45) is 1.40. The van der Waals surface area contributed by atoms with Crippen LogP contribution in [0.25, 0.3) is 11.1 Å². The quantitative estimate of drug-likeness (QED) is 0.514. The van der Waals surface area contributed by atoms with Crippen molar-refractivity contribution >= 4 is 29.5 Å². The molecule has 0 radical (unpaired) electrons. The standard InChI is InChI=1S/C27H23NO4S/c29-25-21-8-4-5-9-22(21)26(30)28(25)16-19-12-15-23(24(19)27(31)32)33-20-13-10-18(11-14-20)17-6-2-1-3-7-17/h1-11,13-14,19,23-24H,12,15-16H2,(H,31,32). The maximum atomic E-state index is 12.7. The summed E-state index contributed by atoms with van der Waals surface area (Å²) in [5.74, 6) is -2.40. The van der Waals surface area contributed by atoms with Crippen molar-refractivity contribution in [2.45, 2.75) is 23.0 Å². The number of rotatable bonds is 6. The van der Waals surface area contributed by atoms with Gasteiger partial charge in [-0.1, -0.05) is 54.6 Å². The van der Waals surface area contributed by atoms with Crippen molar-refractivity contribution in [3.05, 3.63) is 90.0 Å². The number of carbonyl (C=O) groups is 3. The van der Waals surface area contributed by atoms with Gasteiger partial charge in [0.25, 0.3) is 11.8 Å². The predicted molar refractivity (Wildman–Crippen MR) is 127 cm³/mol. The molecule has 2 amide bonds. The molecule has 6 heteroatoms. The van der Waals surface area contributed by atoms with Crippen LogP contribution in [0, 0.1) is 11.8 Å². The molecule has 1 aliphatic heterocycles. The summed E-state index contributed by atoms with van der Waals surface area (Å²) in [5.41, 5.74) is 3.05. The molecule has 3 aromatic carbocycles. The smallest absolute Gasteiger partial charge is 0.307 e. The van der Waals surface area contributed by atoms with Crippen molar-refractivity contribution < 1.29 is 19.5 Å². The highest BCUT2D eigenvalue weighted by molar-refractivity contribution is 8.00. The molecular weight excluding hydrogens is 434 g/mol. The van der Waals surface area contributed by atoms with Crippen LogP contribution in [-0.4, -0.2) is 39.6 Å². The molecule has 1 N–H and O–H groups in total. The molecule has 1 heterocycles. The second-order valence-electron chi connectivity index (χ2n) is 8.51. The van der Waals surface area contributed by atoms with Crippen LogP contribution in [0.5, 0.6) is 0 Å². The van der Waals surface area contributed by atoms with Gasteiger partial charge in [0.05, 0.1) is 17.0 Å². The molecule has 5 rings (SSSR count). The molecule has 0 saturated heterocycles. The van der Waals surface area contributed by atoms with Gasteiger partial charge in [0.1, 0.15) is 0 Å². The van der Waals surface area contributed by atoms with E-state index in [1.807, 2.05) is 30.3 Å². The maximum Gasteiger partial charge on any atom is 0.307 e. The average Bonchev–Trinajstić information content (AvgIpc) is 3.34. The van der Waals surface area contributed by atoms with Crippen LogP contribution >= 0.6 is 11.8 Å². The van der Waals surface area contributed by atoms with Crippen molar-refractivity contribution in [2.75, 3.05) is 6.54 Å². The molecule has 0 spiro atoms. The van der Waals surface area contributed by atoms with E-state index in [0.717, 1.165) is 22.4 Å². The molecule has 1 saturated carbocycles. The van der Waals surface area contributed by atoms with Gasteiger partial charge in [-0.3, -0.25) is 19.3 Å². The topological polar surface area (TPSA) is 74.7 Å². The minimum atomic E-state index is -0.868. The van der Waals surface area contributed by atoms with Gasteiger partial charge in [-0.2, -0.15) is 0 Å². The third-order valence-electron chi connectivity index (χ3n) is 6.56. The second kappa shape index (κ2) is 8.87. The molecule has 0 bridgehead atoms. The lowest BCUT2D eigenvalue weighted by Crippen LogP contribution is -2.38. The number of carbonyl (C=O) groups excluding carboxylic acids is 2. The van der Waals surface area contributed by atoms with Crippen LogP contribution in [0.2, 0.25) is 0 Å². The minimum Gasteiger partial charge on any atom is -0.481 e. The van der Waals surface area contributed by atoms with E-state index in [0.29, 0.717) is 17.5 Å². The number of hydrogen-bond acceptors (Lipinski definition) is 4. The number of amides is 2. The molecule has 3 atom stereocenters. The Morgan fingerprint density at radius 2 is 1.39 bits per heavy atom. The van der Waals surface area contributed by atoms with Crippen LogP contribution in [-0.2, 0) is 4.79 Å². The monoisotopic (exact) mass is 457 g/mol. The number of fused-ring (bicyclic) bond motifs is 1. The third kappa shape index (κ3) is 4.07. The lowest BCUT2D eigenvalue weighted by atomic mass is 9.95. The predicted octanol–water partition coefficient (Wildman–Crippen LogP) is 5.22. The van der Waals surface area contributed by atoms with Gasteiger partial charge in [-0.05, 0) is 54.2 Å². The maximum absolute atomic E-state index is 12.7. The Bertz CT molecular complexity index is 1170. The van der Waals surface area contributed by atoms with E-state index in [1.165, 1.54) is 4.90 Å². The summed E-state index contributed by atoms with van der Waals surface area (Å²) in [5, 5.41) is 9.90. The van der Waals surface area contributed by atoms with E-state index < -0.39 is 11.9 Å². The number of hydrogen-bond donors (Lipinski definition) is 1. The first kappa shape index (κ1) is 21.5. The lowest BCUT2D eigenvalue weighted by Gasteiger charge is -2.24. The van der Waals surface area contributed by atoms with Gasteiger partial charge >= 0.3 is 5.97 Å². The number of carboxylic acids is 1. The van der Waals surface area contributed by atoms with Crippen molar-refractivity contribution in [3.8, 4) is 11.1 Å². The fourth-order valence-corrected chi connectivity index (χ4v) is 6.29. The van der Waals surface area contributed by atoms with Gasteiger partial charge in [0.15, 0.2) is 0 Å². The molecule has 0 aromatic heterocycles. The Morgan fingerprint density at radius 1 is 0.818 bits per heavy atom. The number of aliphatic carboxylic acids is 1. The summed E-state index contributed by atoms with van der Waals surface area (Å²) >= 11 is 1.57. The van der Waals surface area contributed by atoms with E-state index in [2.05, 4.69) is 24.3 Å². The molecule has 33 heavy (non-hydrogen) atoms. The number of thioether (sulfide) groups is 1. The largest absolute Gasteiger partial charge is 0.481 e. The van der Waals surface area contributed by atoms with Crippen LogP contribution < -0.4 is 0 Å². The van der Waals surface area contributed by atoms with Gasteiger partial charge in [-0.25, -0.2) is 0 Å². The van der Waals surface area contributed by atoms with E-state index in [9.17, 15) is 19.5 Å².